The van der Waals surface area contributed by atoms with E-state index in [2.05, 4.69) is 10.1 Å². The molecule has 2 rings (SSSR count). The molecular formula is C11H14N4O3S. The molecule has 0 unspecified atom stereocenters. The van der Waals surface area contributed by atoms with Crippen LogP contribution in [0.2, 0.25) is 0 Å². The number of hydrogen-bond acceptors (Lipinski definition) is 6. The minimum atomic E-state index is -0.496. The summed E-state index contributed by atoms with van der Waals surface area (Å²) in [5.74, 6) is 1.87. The smallest absolute Gasteiger partial charge is 0.270 e. The van der Waals surface area contributed by atoms with Crippen molar-refractivity contribution in [1.82, 2.24) is 0 Å². The molecule has 0 radical (unpaired) electrons. The number of anilines is 1. The van der Waals surface area contributed by atoms with Gasteiger partial charge in [-0.3, -0.25) is 10.1 Å². The summed E-state index contributed by atoms with van der Waals surface area (Å²) in [6.07, 6.45) is 0. The molecule has 0 spiro atoms. The van der Waals surface area contributed by atoms with E-state index in [1.54, 1.807) is 6.07 Å². The number of hydrogen-bond donors (Lipinski definition) is 2. The molecule has 1 aromatic rings. The van der Waals surface area contributed by atoms with Crippen molar-refractivity contribution in [3.05, 3.63) is 33.9 Å². The Morgan fingerprint density at radius 1 is 1.47 bits per heavy atom. The lowest BCUT2D eigenvalue weighted by atomic mass is 10.1. The summed E-state index contributed by atoms with van der Waals surface area (Å²) < 4.78 is 0. The van der Waals surface area contributed by atoms with E-state index in [-0.39, 0.29) is 11.5 Å². The SMILES string of the molecule is NC(=NO)c1cc([N+](=O)[O-])ccc1N1CCSCC1. The molecule has 1 fully saturated rings. The van der Waals surface area contributed by atoms with E-state index < -0.39 is 4.92 Å². The van der Waals surface area contributed by atoms with Crippen LogP contribution < -0.4 is 10.6 Å². The minimum Gasteiger partial charge on any atom is -0.409 e. The van der Waals surface area contributed by atoms with Crippen LogP contribution in [0.25, 0.3) is 0 Å². The Hall–Kier alpha value is -1.96. The van der Waals surface area contributed by atoms with E-state index in [0.29, 0.717) is 5.56 Å². The first kappa shape index (κ1) is 13.5. The second kappa shape index (κ2) is 5.79. The molecule has 0 amide bonds. The number of nitrogens with two attached hydrogens (primary N) is 1. The van der Waals surface area contributed by atoms with Crippen molar-refractivity contribution in [2.45, 2.75) is 0 Å². The van der Waals surface area contributed by atoms with Crippen LogP contribution in [0.15, 0.2) is 23.4 Å². The van der Waals surface area contributed by atoms with E-state index in [1.807, 2.05) is 11.8 Å². The number of nitrogens with zero attached hydrogens (tertiary/aromatic N) is 3. The topological polar surface area (TPSA) is 105 Å². The minimum absolute atomic E-state index is 0.0725. The fraction of sp³-hybridized carbons (Fsp3) is 0.364. The van der Waals surface area contributed by atoms with Crippen molar-refractivity contribution in [2.75, 3.05) is 29.5 Å². The molecule has 1 saturated heterocycles. The van der Waals surface area contributed by atoms with Gasteiger partial charge in [0.15, 0.2) is 5.84 Å². The van der Waals surface area contributed by atoms with Crippen molar-refractivity contribution in [3.8, 4) is 0 Å². The molecule has 19 heavy (non-hydrogen) atoms. The quantitative estimate of drug-likeness (QED) is 0.284. The molecule has 7 nitrogen and oxygen atoms in total. The van der Waals surface area contributed by atoms with Gasteiger partial charge in [-0.2, -0.15) is 11.8 Å². The summed E-state index contributed by atoms with van der Waals surface area (Å²) in [6.45, 7) is 1.68. The fourth-order valence-corrected chi connectivity index (χ4v) is 2.88. The standard InChI is InChI=1S/C11H14N4O3S/c12-11(13-16)9-7-8(15(17)18)1-2-10(9)14-3-5-19-6-4-14/h1-2,7,16H,3-6H2,(H2,12,13). The zero-order chi connectivity index (χ0) is 13.8. The maximum Gasteiger partial charge on any atom is 0.270 e. The van der Waals surface area contributed by atoms with E-state index >= 15 is 0 Å². The normalized spacial score (nSPS) is 16.4. The molecule has 0 aromatic heterocycles. The van der Waals surface area contributed by atoms with Crippen molar-refractivity contribution in [3.63, 3.8) is 0 Å². The number of benzene rings is 1. The highest BCUT2D eigenvalue weighted by molar-refractivity contribution is 7.99. The molecule has 1 aromatic carbocycles. The number of nitro benzene ring substituents is 1. The van der Waals surface area contributed by atoms with Crippen LogP contribution in [0, 0.1) is 10.1 Å². The first-order valence-electron chi connectivity index (χ1n) is 5.72. The van der Waals surface area contributed by atoms with Crippen molar-refractivity contribution < 1.29 is 10.1 Å². The molecule has 0 bridgehead atoms. The first-order valence-corrected chi connectivity index (χ1v) is 6.88. The Kier molecular flexibility index (Phi) is 4.10. The predicted molar refractivity (Wildman–Crippen MR) is 75.1 cm³/mol. The predicted octanol–water partition coefficient (Wildman–Crippen LogP) is 1.24. The lowest BCUT2D eigenvalue weighted by molar-refractivity contribution is -0.384. The fourth-order valence-electron chi connectivity index (χ4n) is 1.98. The largest absolute Gasteiger partial charge is 0.409 e. The van der Waals surface area contributed by atoms with Gasteiger partial charge < -0.3 is 15.8 Å². The Morgan fingerprint density at radius 3 is 2.74 bits per heavy atom. The second-order valence-electron chi connectivity index (χ2n) is 4.04. The zero-order valence-electron chi connectivity index (χ0n) is 10.2. The van der Waals surface area contributed by atoms with Crippen LogP contribution in [0.1, 0.15) is 5.56 Å². The molecule has 8 heteroatoms. The molecule has 0 atom stereocenters. The average Bonchev–Trinajstić information content (AvgIpc) is 2.46. The van der Waals surface area contributed by atoms with Gasteiger partial charge in [-0.05, 0) is 6.07 Å². The third kappa shape index (κ3) is 2.90. The summed E-state index contributed by atoms with van der Waals surface area (Å²) in [6, 6.07) is 4.43. The van der Waals surface area contributed by atoms with Crippen LogP contribution >= 0.6 is 11.8 Å². The monoisotopic (exact) mass is 282 g/mol. The lowest BCUT2D eigenvalue weighted by Gasteiger charge is -2.29. The number of rotatable bonds is 3. The zero-order valence-corrected chi connectivity index (χ0v) is 11.0. The number of nitro groups is 1. The van der Waals surface area contributed by atoms with E-state index in [9.17, 15) is 10.1 Å². The van der Waals surface area contributed by atoms with Gasteiger partial charge in [0.1, 0.15) is 0 Å². The summed E-state index contributed by atoms with van der Waals surface area (Å²) in [5, 5.41) is 22.6. The average molecular weight is 282 g/mol. The van der Waals surface area contributed by atoms with Crippen LogP contribution in [-0.2, 0) is 0 Å². The highest BCUT2D eigenvalue weighted by atomic mass is 32.2. The van der Waals surface area contributed by atoms with Gasteiger partial charge in [-0.25, -0.2) is 0 Å². The summed E-state index contributed by atoms with van der Waals surface area (Å²) in [4.78, 5) is 12.4. The second-order valence-corrected chi connectivity index (χ2v) is 5.27. The third-order valence-corrected chi connectivity index (χ3v) is 3.87. The van der Waals surface area contributed by atoms with Gasteiger partial charge in [0.2, 0.25) is 0 Å². The van der Waals surface area contributed by atoms with E-state index in [0.717, 1.165) is 30.3 Å². The Morgan fingerprint density at radius 2 is 2.16 bits per heavy atom. The van der Waals surface area contributed by atoms with Gasteiger partial charge in [0.05, 0.1) is 10.5 Å². The molecular weight excluding hydrogens is 268 g/mol. The lowest BCUT2D eigenvalue weighted by Crippen LogP contribution is -2.34. The highest BCUT2D eigenvalue weighted by Gasteiger charge is 2.19. The van der Waals surface area contributed by atoms with Gasteiger partial charge in [0, 0.05) is 42.4 Å². The van der Waals surface area contributed by atoms with Crippen molar-refractivity contribution in [1.29, 1.82) is 0 Å². The number of amidine groups is 1. The number of non-ortho nitro benzene ring substituents is 1. The molecule has 1 aliphatic rings. The first-order chi connectivity index (χ1) is 9.13. The summed E-state index contributed by atoms with van der Waals surface area (Å²) in [7, 11) is 0. The Bertz CT molecular complexity index is 515. The maximum absolute atomic E-state index is 10.8. The van der Waals surface area contributed by atoms with E-state index in [1.165, 1.54) is 12.1 Å². The molecule has 3 N–H and O–H groups in total. The molecule has 102 valence electrons. The van der Waals surface area contributed by atoms with Gasteiger partial charge in [0.25, 0.3) is 5.69 Å². The summed E-state index contributed by atoms with van der Waals surface area (Å²) in [5.41, 5.74) is 6.70. The maximum atomic E-state index is 10.8. The highest BCUT2D eigenvalue weighted by Crippen LogP contribution is 2.27. The van der Waals surface area contributed by atoms with Crippen molar-refractivity contribution >= 4 is 29.0 Å². The molecule has 0 aliphatic carbocycles. The van der Waals surface area contributed by atoms with Gasteiger partial charge in [-0.1, -0.05) is 5.16 Å². The van der Waals surface area contributed by atoms with Gasteiger partial charge >= 0.3 is 0 Å². The van der Waals surface area contributed by atoms with E-state index in [4.69, 9.17) is 10.9 Å². The van der Waals surface area contributed by atoms with Crippen LogP contribution in [0.3, 0.4) is 0 Å². The van der Waals surface area contributed by atoms with Crippen LogP contribution in [0.5, 0.6) is 0 Å². The Labute approximate surface area is 114 Å². The third-order valence-electron chi connectivity index (χ3n) is 2.93. The number of thioether (sulfide) groups is 1. The van der Waals surface area contributed by atoms with Crippen molar-refractivity contribution in [2.24, 2.45) is 10.9 Å². The summed E-state index contributed by atoms with van der Waals surface area (Å²) >= 11 is 1.86. The molecule has 1 heterocycles. The molecule has 0 saturated carbocycles. The molecule has 1 aliphatic heterocycles. The Balaban J connectivity index is 2.44. The van der Waals surface area contributed by atoms with Crippen LogP contribution in [0.4, 0.5) is 11.4 Å². The van der Waals surface area contributed by atoms with Gasteiger partial charge in [-0.15, -0.1) is 0 Å². The van der Waals surface area contributed by atoms with Crippen LogP contribution in [-0.4, -0.2) is 40.6 Å². The number of oxime groups is 1.